The Balaban J connectivity index is 1.12. The van der Waals surface area contributed by atoms with Crippen LogP contribution in [0.4, 0.5) is 0 Å². The molecule has 2 aliphatic heterocycles. The van der Waals surface area contributed by atoms with Crippen LogP contribution >= 0.6 is 11.3 Å². The SMILES string of the molecule is CC(c1coc(C2CCCC2)n1)c1nc(C2CN(C(=O)c3cncs3)CC23CN(C(=O)[C@H]2CC2(C)C)C3)no1. The van der Waals surface area contributed by atoms with Crippen molar-refractivity contribution in [3.05, 3.63) is 46.1 Å². The van der Waals surface area contributed by atoms with E-state index in [2.05, 4.69) is 24.0 Å². The van der Waals surface area contributed by atoms with Crippen molar-refractivity contribution in [2.24, 2.45) is 16.7 Å². The number of oxazole rings is 1. The summed E-state index contributed by atoms with van der Waals surface area (Å²) in [5.41, 5.74) is 2.26. The van der Waals surface area contributed by atoms with Crippen LogP contribution in [0, 0.1) is 16.7 Å². The maximum Gasteiger partial charge on any atom is 0.265 e. The first-order valence-electron chi connectivity index (χ1n) is 14.0. The molecule has 5 heterocycles. The predicted octanol–water partition coefficient (Wildman–Crippen LogP) is 4.44. The van der Waals surface area contributed by atoms with Gasteiger partial charge in [-0.15, -0.1) is 11.3 Å². The minimum atomic E-state index is -0.289. The fourth-order valence-electron chi connectivity index (χ4n) is 6.81. The quantitative estimate of drug-likeness (QED) is 0.442. The van der Waals surface area contributed by atoms with E-state index >= 15 is 0 Å². The summed E-state index contributed by atoms with van der Waals surface area (Å²) in [6.45, 7) is 8.53. The summed E-state index contributed by atoms with van der Waals surface area (Å²) in [6, 6.07) is 0. The van der Waals surface area contributed by atoms with E-state index in [0.29, 0.717) is 48.7 Å². The first-order valence-corrected chi connectivity index (χ1v) is 14.9. The molecular formula is C28H34N6O4S. The highest BCUT2D eigenvalue weighted by molar-refractivity contribution is 7.11. The van der Waals surface area contributed by atoms with Crippen LogP contribution < -0.4 is 0 Å². The molecule has 2 saturated carbocycles. The van der Waals surface area contributed by atoms with Crippen LogP contribution in [-0.2, 0) is 4.79 Å². The van der Waals surface area contributed by atoms with E-state index in [1.54, 1.807) is 18.0 Å². The number of likely N-dealkylation sites (tertiary alicyclic amines) is 2. The molecule has 0 bridgehead atoms. The molecule has 2 unspecified atom stereocenters. The van der Waals surface area contributed by atoms with Gasteiger partial charge in [-0.05, 0) is 31.6 Å². The maximum absolute atomic E-state index is 13.3. The number of hydrogen-bond donors (Lipinski definition) is 0. The lowest BCUT2D eigenvalue weighted by atomic mass is 9.71. The lowest BCUT2D eigenvalue weighted by Gasteiger charge is -2.50. The van der Waals surface area contributed by atoms with E-state index < -0.39 is 0 Å². The van der Waals surface area contributed by atoms with Crippen molar-refractivity contribution in [2.75, 3.05) is 26.2 Å². The second-order valence-electron chi connectivity index (χ2n) is 12.7. The highest BCUT2D eigenvalue weighted by atomic mass is 32.1. The van der Waals surface area contributed by atoms with Gasteiger partial charge in [-0.25, -0.2) is 4.98 Å². The molecule has 2 saturated heterocycles. The Hall–Kier alpha value is -3.08. The van der Waals surface area contributed by atoms with Gasteiger partial charge < -0.3 is 18.7 Å². The Morgan fingerprint density at radius 1 is 1.13 bits per heavy atom. The average Bonchev–Trinajstić information content (AvgIpc) is 3.63. The molecule has 3 aromatic heterocycles. The van der Waals surface area contributed by atoms with Gasteiger partial charge in [-0.2, -0.15) is 4.98 Å². The van der Waals surface area contributed by atoms with Crippen molar-refractivity contribution in [1.29, 1.82) is 0 Å². The molecule has 10 nitrogen and oxygen atoms in total. The zero-order chi connectivity index (χ0) is 26.9. The highest BCUT2D eigenvalue weighted by Crippen LogP contribution is 2.55. The summed E-state index contributed by atoms with van der Waals surface area (Å²) in [4.78, 5) is 44.5. The Bertz CT molecular complexity index is 1380. The van der Waals surface area contributed by atoms with Crippen LogP contribution in [0.3, 0.4) is 0 Å². The molecule has 7 rings (SSSR count). The summed E-state index contributed by atoms with van der Waals surface area (Å²) in [7, 11) is 0. The number of amides is 2. The summed E-state index contributed by atoms with van der Waals surface area (Å²) in [5, 5.41) is 4.41. The number of hydrogen-bond acceptors (Lipinski definition) is 9. The van der Waals surface area contributed by atoms with Crippen LogP contribution in [0.2, 0.25) is 0 Å². The Morgan fingerprint density at radius 2 is 1.87 bits per heavy atom. The lowest BCUT2D eigenvalue weighted by molar-refractivity contribution is -0.145. The minimum Gasteiger partial charge on any atom is -0.448 e. The van der Waals surface area contributed by atoms with Gasteiger partial charge in [0.2, 0.25) is 11.8 Å². The van der Waals surface area contributed by atoms with Crippen molar-refractivity contribution >= 4 is 23.2 Å². The standard InChI is InChI=1S/C28H34N6O4S/c1-16(20-11-37-24(30-20)17-6-4-5-7-17)23-31-22(32-38-23)19-10-33(26(36)21-9-29-15-39-21)12-28(19)13-34(14-28)25(35)18-8-27(18,2)3/h9,11,15-19H,4-8,10,12-14H2,1-3H3/t16?,18-,19?/m1/s1. The number of rotatable bonds is 6. The third-order valence-corrected chi connectivity index (χ3v) is 10.3. The number of carbonyl (C=O) groups is 2. The second kappa shape index (κ2) is 8.97. The van der Waals surface area contributed by atoms with Crippen LogP contribution in [0.15, 0.2) is 26.9 Å². The van der Waals surface area contributed by atoms with Crippen LogP contribution in [0.1, 0.15) is 104 Å². The molecule has 11 heteroatoms. The summed E-state index contributed by atoms with van der Waals surface area (Å²) in [5.74, 6) is 2.25. The Labute approximate surface area is 231 Å². The topological polar surface area (TPSA) is 118 Å². The van der Waals surface area contributed by atoms with Crippen LogP contribution in [0.5, 0.6) is 0 Å². The molecule has 0 aromatic carbocycles. The lowest BCUT2D eigenvalue weighted by Crippen LogP contribution is -2.62. The highest BCUT2D eigenvalue weighted by Gasteiger charge is 2.61. The zero-order valence-corrected chi connectivity index (χ0v) is 23.4. The van der Waals surface area contributed by atoms with E-state index in [1.807, 2.05) is 16.7 Å². The summed E-state index contributed by atoms with van der Waals surface area (Å²) >= 11 is 1.34. The molecule has 2 aliphatic carbocycles. The van der Waals surface area contributed by atoms with Crippen molar-refractivity contribution in [1.82, 2.24) is 29.9 Å². The number of nitrogens with zero attached hydrogens (tertiary/aromatic N) is 6. The summed E-state index contributed by atoms with van der Waals surface area (Å²) < 4.78 is 11.6. The van der Waals surface area contributed by atoms with Gasteiger partial charge in [0, 0.05) is 43.4 Å². The smallest absolute Gasteiger partial charge is 0.265 e. The van der Waals surface area contributed by atoms with Gasteiger partial charge >= 0.3 is 0 Å². The minimum absolute atomic E-state index is 0.0356. The third kappa shape index (κ3) is 4.20. The fourth-order valence-corrected chi connectivity index (χ4v) is 7.39. The largest absolute Gasteiger partial charge is 0.448 e. The van der Waals surface area contributed by atoms with E-state index in [4.69, 9.17) is 18.9 Å². The molecule has 4 aliphatic rings. The van der Waals surface area contributed by atoms with Gasteiger partial charge in [-0.1, -0.05) is 31.8 Å². The number of carbonyl (C=O) groups excluding carboxylic acids is 2. The van der Waals surface area contributed by atoms with Gasteiger partial charge in [0.1, 0.15) is 11.1 Å². The molecule has 0 N–H and O–H groups in total. The van der Waals surface area contributed by atoms with Gasteiger partial charge in [0.05, 0.1) is 29.2 Å². The molecule has 206 valence electrons. The molecule has 0 radical (unpaired) electrons. The van der Waals surface area contributed by atoms with E-state index in [9.17, 15) is 9.59 Å². The normalized spacial score (nSPS) is 26.2. The molecule has 1 spiro atoms. The number of aromatic nitrogens is 4. The summed E-state index contributed by atoms with van der Waals surface area (Å²) in [6.07, 6.45) is 8.95. The average molecular weight is 551 g/mol. The van der Waals surface area contributed by atoms with E-state index in [1.165, 1.54) is 24.2 Å². The van der Waals surface area contributed by atoms with Gasteiger partial charge in [0.15, 0.2) is 11.7 Å². The zero-order valence-electron chi connectivity index (χ0n) is 22.6. The van der Waals surface area contributed by atoms with E-state index in [0.717, 1.165) is 30.8 Å². The van der Waals surface area contributed by atoms with Crippen molar-refractivity contribution in [3.8, 4) is 0 Å². The molecular weight excluding hydrogens is 516 g/mol. The van der Waals surface area contributed by atoms with Crippen molar-refractivity contribution in [2.45, 2.75) is 70.6 Å². The molecule has 3 atom stereocenters. The van der Waals surface area contributed by atoms with Crippen LogP contribution in [-0.4, -0.2) is 67.9 Å². The number of thiazole rings is 1. The third-order valence-electron chi connectivity index (χ3n) is 9.54. The first-order chi connectivity index (χ1) is 18.7. The van der Waals surface area contributed by atoms with Crippen molar-refractivity contribution < 1.29 is 18.5 Å². The van der Waals surface area contributed by atoms with E-state index in [-0.39, 0.29) is 40.4 Å². The molecule has 4 fully saturated rings. The molecule has 39 heavy (non-hydrogen) atoms. The van der Waals surface area contributed by atoms with Crippen molar-refractivity contribution in [3.63, 3.8) is 0 Å². The Morgan fingerprint density at radius 3 is 2.56 bits per heavy atom. The first kappa shape index (κ1) is 24.9. The van der Waals surface area contributed by atoms with Gasteiger partial charge in [-0.3, -0.25) is 14.6 Å². The Kier molecular flexibility index (Phi) is 5.73. The monoisotopic (exact) mass is 550 g/mol. The second-order valence-corrected chi connectivity index (χ2v) is 13.6. The molecule has 2 amide bonds. The molecule has 3 aromatic rings. The predicted molar refractivity (Wildman–Crippen MR) is 141 cm³/mol. The maximum atomic E-state index is 13.3. The van der Waals surface area contributed by atoms with Crippen LogP contribution in [0.25, 0.3) is 0 Å². The van der Waals surface area contributed by atoms with Gasteiger partial charge in [0.25, 0.3) is 5.91 Å². The fraction of sp³-hybridized carbons (Fsp3) is 0.643.